The summed E-state index contributed by atoms with van der Waals surface area (Å²) in [5, 5.41) is 4.76. The van der Waals surface area contributed by atoms with E-state index in [-0.39, 0.29) is 5.91 Å². The molecule has 146 valence electrons. The first-order valence-electron chi connectivity index (χ1n) is 8.72. The number of thioether (sulfide) groups is 1. The van der Waals surface area contributed by atoms with E-state index in [9.17, 15) is 4.79 Å². The van der Waals surface area contributed by atoms with Gasteiger partial charge in [-0.15, -0.1) is 0 Å². The summed E-state index contributed by atoms with van der Waals surface area (Å²) >= 11 is 9.74. The molecule has 0 spiro atoms. The topological polar surface area (TPSA) is 60.5 Å². The lowest BCUT2D eigenvalue weighted by molar-refractivity contribution is -0.115. The van der Waals surface area contributed by atoms with Crippen LogP contribution in [-0.4, -0.2) is 28.4 Å². The Bertz CT molecular complexity index is 1130. The van der Waals surface area contributed by atoms with Crippen LogP contribution in [0.25, 0.3) is 16.8 Å². The first-order chi connectivity index (χ1) is 14.1. The molecule has 0 unspecified atom stereocenters. The molecule has 1 aliphatic rings. The molecule has 3 aromatic rings. The van der Waals surface area contributed by atoms with Gasteiger partial charge in [0, 0.05) is 27.8 Å². The molecule has 1 aromatic heterocycles. The summed E-state index contributed by atoms with van der Waals surface area (Å²) in [6.07, 6.45) is 5.35. The molecular formula is C21H15BrN2O3S2. The number of halogens is 1. The Kier molecular flexibility index (Phi) is 6.13. The first-order valence-corrected chi connectivity index (χ1v) is 10.7. The maximum atomic E-state index is 11.9. The van der Waals surface area contributed by atoms with Crippen molar-refractivity contribution in [3.8, 4) is 11.5 Å². The van der Waals surface area contributed by atoms with Crippen molar-refractivity contribution in [1.82, 2.24) is 10.3 Å². The third-order valence-corrected chi connectivity index (χ3v) is 5.78. The van der Waals surface area contributed by atoms with Crippen LogP contribution in [-0.2, 0) is 4.79 Å². The predicted octanol–water partition coefficient (Wildman–Crippen LogP) is 4.94. The van der Waals surface area contributed by atoms with Crippen LogP contribution in [0.1, 0.15) is 5.56 Å². The zero-order chi connectivity index (χ0) is 20.2. The van der Waals surface area contributed by atoms with Crippen molar-refractivity contribution in [2.45, 2.75) is 0 Å². The zero-order valence-electron chi connectivity index (χ0n) is 15.1. The number of hydrogen-bond acceptors (Lipinski definition) is 6. The number of hydrogen-bond donors (Lipinski definition) is 1. The monoisotopic (exact) mass is 486 g/mol. The molecule has 8 heteroatoms. The highest BCUT2D eigenvalue weighted by molar-refractivity contribution is 9.10. The summed E-state index contributed by atoms with van der Waals surface area (Å²) in [6, 6.07) is 13.5. The molecule has 29 heavy (non-hydrogen) atoms. The van der Waals surface area contributed by atoms with Crippen LogP contribution in [0, 0.1) is 0 Å². The number of thiocarbonyl (C=S) groups is 1. The van der Waals surface area contributed by atoms with E-state index >= 15 is 0 Å². The number of nitrogens with zero attached hydrogens (tertiary/aromatic N) is 1. The molecule has 1 aliphatic heterocycles. The van der Waals surface area contributed by atoms with Crippen molar-refractivity contribution >= 4 is 67.0 Å². The normalized spacial score (nSPS) is 15.0. The number of pyridine rings is 1. The van der Waals surface area contributed by atoms with Crippen LogP contribution in [0.15, 0.2) is 64.2 Å². The second-order valence-corrected chi connectivity index (χ2v) is 8.75. The Hall–Kier alpha value is -2.42. The number of fused-ring (bicyclic) bond motifs is 1. The van der Waals surface area contributed by atoms with Gasteiger partial charge >= 0.3 is 0 Å². The fourth-order valence-corrected chi connectivity index (χ4v) is 4.20. The quantitative estimate of drug-likeness (QED) is 0.302. The summed E-state index contributed by atoms with van der Waals surface area (Å²) in [4.78, 5) is 16.6. The van der Waals surface area contributed by atoms with Crippen LogP contribution in [0.2, 0.25) is 0 Å². The summed E-state index contributed by atoms with van der Waals surface area (Å²) in [6.45, 7) is 0.748. The Balaban J connectivity index is 1.41. The molecule has 0 aliphatic carbocycles. The van der Waals surface area contributed by atoms with Gasteiger partial charge in [-0.2, -0.15) is 0 Å². The third-order valence-electron chi connectivity index (χ3n) is 4.12. The number of aromatic nitrogens is 1. The minimum atomic E-state index is -0.194. The molecular weight excluding hydrogens is 472 g/mol. The van der Waals surface area contributed by atoms with Crippen LogP contribution < -0.4 is 14.8 Å². The van der Waals surface area contributed by atoms with Crippen LogP contribution in [0.3, 0.4) is 0 Å². The second kappa shape index (κ2) is 8.94. The van der Waals surface area contributed by atoms with Gasteiger partial charge in [0.05, 0.1) is 4.91 Å². The highest BCUT2D eigenvalue weighted by atomic mass is 79.9. The van der Waals surface area contributed by atoms with Crippen molar-refractivity contribution in [1.29, 1.82) is 0 Å². The number of carbonyl (C=O) groups is 1. The van der Waals surface area contributed by atoms with Gasteiger partial charge in [-0.25, -0.2) is 0 Å². The largest absolute Gasteiger partial charge is 0.490 e. The highest BCUT2D eigenvalue weighted by Crippen LogP contribution is 2.31. The van der Waals surface area contributed by atoms with Gasteiger partial charge in [-0.1, -0.05) is 46.0 Å². The van der Waals surface area contributed by atoms with E-state index in [0.29, 0.717) is 28.2 Å². The van der Waals surface area contributed by atoms with E-state index in [2.05, 4.69) is 26.2 Å². The number of ether oxygens (including phenoxy) is 2. The second-order valence-electron chi connectivity index (χ2n) is 6.12. The standard InChI is InChI=1S/C21H15BrN2O3S2/c22-16-2-4-18(14(9-16)11-19-20(25)24-21(28)29-19)27-8-7-26-17-3-1-13-5-6-23-12-15(13)10-17/h1-6,9-12H,7-8H2,(H,24,25,28). The lowest BCUT2D eigenvalue weighted by Crippen LogP contribution is -2.17. The average molecular weight is 487 g/mol. The molecule has 0 radical (unpaired) electrons. The molecule has 5 nitrogen and oxygen atoms in total. The van der Waals surface area contributed by atoms with E-state index in [1.807, 2.05) is 48.7 Å². The summed E-state index contributed by atoms with van der Waals surface area (Å²) in [5.41, 5.74) is 0.790. The lowest BCUT2D eigenvalue weighted by Gasteiger charge is -2.11. The smallest absolute Gasteiger partial charge is 0.263 e. The Morgan fingerprint density at radius 3 is 2.79 bits per heavy atom. The van der Waals surface area contributed by atoms with E-state index in [0.717, 1.165) is 26.6 Å². The summed E-state index contributed by atoms with van der Waals surface area (Å²) in [7, 11) is 0. The number of benzene rings is 2. The summed E-state index contributed by atoms with van der Waals surface area (Å²) in [5.74, 6) is 1.23. The van der Waals surface area contributed by atoms with Gasteiger partial charge in [0.2, 0.25) is 0 Å². The van der Waals surface area contributed by atoms with Crippen molar-refractivity contribution < 1.29 is 14.3 Å². The van der Waals surface area contributed by atoms with Crippen LogP contribution >= 0.6 is 39.9 Å². The Labute approximate surface area is 185 Å². The van der Waals surface area contributed by atoms with E-state index in [4.69, 9.17) is 21.7 Å². The van der Waals surface area contributed by atoms with E-state index in [1.54, 1.807) is 12.3 Å². The third kappa shape index (κ3) is 4.95. The van der Waals surface area contributed by atoms with E-state index < -0.39 is 0 Å². The molecule has 2 heterocycles. The summed E-state index contributed by atoms with van der Waals surface area (Å²) < 4.78 is 13.0. The predicted molar refractivity (Wildman–Crippen MR) is 123 cm³/mol. The Morgan fingerprint density at radius 1 is 1.10 bits per heavy atom. The van der Waals surface area contributed by atoms with Gasteiger partial charge in [0.1, 0.15) is 29.0 Å². The van der Waals surface area contributed by atoms with Crippen LogP contribution in [0.4, 0.5) is 0 Å². The van der Waals surface area contributed by atoms with Gasteiger partial charge in [-0.05, 0) is 47.9 Å². The molecule has 0 bridgehead atoms. The number of carbonyl (C=O) groups excluding carboxylic acids is 1. The molecule has 1 saturated heterocycles. The minimum absolute atomic E-state index is 0.194. The SMILES string of the molecule is O=C1NC(=S)SC1=Cc1cc(Br)ccc1OCCOc1ccc2ccncc2c1. The maximum absolute atomic E-state index is 11.9. The van der Waals surface area contributed by atoms with Crippen molar-refractivity contribution in [2.75, 3.05) is 13.2 Å². The minimum Gasteiger partial charge on any atom is -0.490 e. The van der Waals surface area contributed by atoms with E-state index in [1.165, 1.54) is 11.8 Å². The zero-order valence-corrected chi connectivity index (χ0v) is 18.3. The Morgan fingerprint density at radius 2 is 1.97 bits per heavy atom. The fraction of sp³-hybridized carbons (Fsp3) is 0.0952. The van der Waals surface area contributed by atoms with Gasteiger partial charge < -0.3 is 14.8 Å². The molecule has 4 rings (SSSR count). The number of rotatable bonds is 6. The molecule has 2 aromatic carbocycles. The highest BCUT2D eigenvalue weighted by Gasteiger charge is 2.22. The maximum Gasteiger partial charge on any atom is 0.263 e. The van der Waals surface area contributed by atoms with Crippen molar-refractivity contribution in [3.05, 3.63) is 69.8 Å². The number of nitrogens with one attached hydrogen (secondary N) is 1. The van der Waals surface area contributed by atoms with Gasteiger partial charge in [-0.3, -0.25) is 9.78 Å². The van der Waals surface area contributed by atoms with Gasteiger partial charge in [0.15, 0.2) is 0 Å². The number of amides is 1. The molecule has 1 amide bonds. The lowest BCUT2D eigenvalue weighted by atomic mass is 10.2. The first kappa shape index (κ1) is 19.9. The fourth-order valence-electron chi connectivity index (χ4n) is 2.79. The molecule has 1 N–H and O–H groups in total. The molecule has 0 saturated carbocycles. The van der Waals surface area contributed by atoms with Crippen molar-refractivity contribution in [2.24, 2.45) is 0 Å². The van der Waals surface area contributed by atoms with Crippen molar-refractivity contribution in [3.63, 3.8) is 0 Å². The molecule has 0 atom stereocenters. The average Bonchev–Trinajstić information content (AvgIpc) is 3.03. The van der Waals surface area contributed by atoms with Gasteiger partial charge in [0.25, 0.3) is 5.91 Å². The van der Waals surface area contributed by atoms with Crippen LogP contribution in [0.5, 0.6) is 11.5 Å². The molecule has 1 fully saturated rings.